The van der Waals surface area contributed by atoms with Gasteiger partial charge in [0.15, 0.2) is 0 Å². The van der Waals surface area contributed by atoms with Crippen molar-refractivity contribution in [2.45, 2.75) is 46.6 Å². The van der Waals surface area contributed by atoms with Crippen LogP contribution >= 0.6 is 0 Å². The molecule has 0 unspecified atom stereocenters. The van der Waals surface area contributed by atoms with E-state index in [1.165, 1.54) is 0 Å². The molecule has 0 fully saturated rings. The number of rotatable bonds is 6. The Morgan fingerprint density at radius 1 is 1.27 bits per heavy atom. The van der Waals surface area contributed by atoms with Crippen LogP contribution in [0.4, 0.5) is 0 Å². The third-order valence-electron chi connectivity index (χ3n) is 4.31. The molecule has 0 atom stereocenters. The minimum atomic E-state index is -0.916. The Bertz CT molecular complexity index is 921. The monoisotopic (exact) mass is 355 g/mol. The highest BCUT2D eigenvalue weighted by Gasteiger charge is 2.35. The molecule has 6 heteroatoms. The fourth-order valence-electron chi connectivity index (χ4n) is 3.10. The third-order valence-corrected chi connectivity index (χ3v) is 4.31. The van der Waals surface area contributed by atoms with Gasteiger partial charge in [-0.15, -0.1) is 10.2 Å². The van der Waals surface area contributed by atoms with E-state index in [1.54, 1.807) is 6.92 Å². The van der Waals surface area contributed by atoms with E-state index in [-0.39, 0.29) is 5.97 Å². The predicted molar refractivity (Wildman–Crippen MR) is 99.7 cm³/mol. The molecule has 6 nitrogen and oxygen atoms in total. The molecule has 0 aliphatic rings. The molecule has 0 spiro atoms. The summed E-state index contributed by atoms with van der Waals surface area (Å²) in [5.41, 5.74) is 0.720. The van der Waals surface area contributed by atoms with Gasteiger partial charge in [-0.05, 0) is 38.8 Å². The Kier molecular flexibility index (Phi) is 4.85. The second-order valence-corrected chi connectivity index (χ2v) is 7.30. The van der Waals surface area contributed by atoms with Crippen LogP contribution < -0.4 is 0 Å². The molecule has 0 aliphatic heterocycles. The van der Waals surface area contributed by atoms with Crippen LogP contribution in [0.2, 0.25) is 0 Å². The van der Waals surface area contributed by atoms with E-state index < -0.39 is 5.54 Å². The highest BCUT2D eigenvalue weighted by molar-refractivity contribution is 5.89. The number of carbonyl (C=O) groups excluding carboxylic acids is 1. The Morgan fingerprint density at radius 3 is 2.69 bits per heavy atom. The summed E-state index contributed by atoms with van der Waals surface area (Å²) in [4.78, 5) is 12.6. The summed E-state index contributed by atoms with van der Waals surface area (Å²) in [6.45, 7) is 10.0. The Balaban J connectivity index is 2.16. The highest BCUT2D eigenvalue weighted by Crippen LogP contribution is 2.34. The van der Waals surface area contributed by atoms with Crippen LogP contribution in [0.1, 0.15) is 40.5 Å². The molecule has 0 amide bonds. The SMILES string of the molecule is CCOC(=O)C(C)(C)n1c(-c2nnc(CC(C)C)o2)cc2ccccc21. The number of fused-ring (bicyclic) bond motifs is 1. The molecule has 2 aromatic heterocycles. The van der Waals surface area contributed by atoms with Gasteiger partial charge in [-0.1, -0.05) is 32.0 Å². The minimum Gasteiger partial charge on any atom is -0.464 e. The van der Waals surface area contributed by atoms with Gasteiger partial charge in [0, 0.05) is 17.3 Å². The number of aromatic nitrogens is 3. The Hall–Kier alpha value is -2.63. The van der Waals surface area contributed by atoms with Crippen molar-refractivity contribution in [2.24, 2.45) is 5.92 Å². The first-order valence-corrected chi connectivity index (χ1v) is 8.95. The maximum absolute atomic E-state index is 12.6. The fourth-order valence-corrected chi connectivity index (χ4v) is 3.10. The van der Waals surface area contributed by atoms with Gasteiger partial charge in [0.05, 0.1) is 6.61 Å². The quantitative estimate of drug-likeness (QED) is 0.620. The Morgan fingerprint density at radius 2 is 2.00 bits per heavy atom. The first-order valence-electron chi connectivity index (χ1n) is 8.95. The molecule has 0 aliphatic carbocycles. The molecule has 26 heavy (non-hydrogen) atoms. The summed E-state index contributed by atoms with van der Waals surface area (Å²) < 4.78 is 13.1. The number of esters is 1. The average molecular weight is 355 g/mol. The smallest absolute Gasteiger partial charge is 0.331 e. The molecular formula is C20H25N3O3. The zero-order valence-electron chi connectivity index (χ0n) is 15.9. The number of para-hydroxylation sites is 1. The lowest BCUT2D eigenvalue weighted by atomic mass is 10.0. The van der Waals surface area contributed by atoms with E-state index in [9.17, 15) is 4.79 Å². The zero-order chi connectivity index (χ0) is 18.9. The first kappa shape index (κ1) is 18.2. The maximum atomic E-state index is 12.6. The van der Waals surface area contributed by atoms with Crippen LogP contribution in [0, 0.1) is 5.92 Å². The molecule has 2 heterocycles. The largest absolute Gasteiger partial charge is 0.464 e. The lowest BCUT2D eigenvalue weighted by Gasteiger charge is -2.27. The van der Waals surface area contributed by atoms with Gasteiger partial charge in [-0.2, -0.15) is 0 Å². The molecule has 3 rings (SSSR count). The van der Waals surface area contributed by atoms with Gasteiger partial charge in [0.25, 0.3) is 5.89 Å². The van der Waals surface area contributed by atoms with E-state index in [1.807, 2.05) is 48.7 Å². The van der Waals surface area contributed by atoms with Crippen molar-refractivity contribution in [1.82, 2.24) is 14.8 Å². The van der Waals surface area contributed by atoms with Crippen molar-refractivity contribution in [3.63, 3.8) is 0 Å². The highest BCUT2D eigenvalue weighted by atomic mass is 16.5. The van der Waals surface area contributed by atoms with Crippen molar-refractivity contribution in [1.29, 1.82) is 0 Å². The normalized spacial score (nSPS) is 12.1. The van der Waals surface area contributed by atoms with Crippen LogP contribution in [-0.4, -0.2) is 27.3 Å². The molecule has 0 N–H and O–H groups in total. The molecule has 138 valence electrons. The third kappa shape index (κ3) is 3.23. The van der Waals surface area contributed by atoms with Crippen LogP contribution in [0.3, 0.4) is 0 Å². The van der Waals surface area contributed by atoms with Gasteiger partial charge in [-0.25, -0.2) is 4.79 Å². The molecule has 0 bridgehead atoms. The predicted octanol–water partition coefficient (Wildman–Crippen LogP) is 4.19. The average Bonchev–Trinajstić information content (AvgIpc) is 3.18. The van der Waals surface area contributed by atoms with E-state index in [0.717, 1.165) is 10.9 Å². The molecule has 0 saturated heterocycles. The van der Waals surface area contributed by atoms with Crippen molar-refractivity contribution in [3.8, 4) is 11.6 Å². The second kappa shape index (κ2) is 6.94. The summed E-state index contributed by atoms with van der Waals surface area (Å²) in [6, 6.07) is 9.86. The van der Waals surface area contributed by atoms with Crippen LogP contribution in [0.15, 0.2) is 34.7 Å². The van der Waals surface area contributed by atoms with Gasteiger partial charge in [0.1, 0.15) is 11.2 Å². The second-order valence-electron chi connectivity index (χ2n) is 7.30. The van der Waals surface area contributed by atoms with E-state index in [4.69, 9.17) is 9.15 Å². The number of hydrogen-bond acceptors (Lipinski definition) is 5. The van der Waals surface area contributed by atoms with Crippen LogP contribution in [-0.2, 0) is 21.5 Å². The maximum Gasteiger partial charge on any atom is 0.331 e. The lowest BCUT2D eigenvalue weighted by molar-refractivity contribution is -0.151. The number of carbonyl (C=O) groups is 1. The van der Waals surface area contributed by atoms with Gasteiger partial charge in [0.2, 0.25) is 5.89 Å². The van der Waals surface area contributed by atoms with E-state index in [2.05, 4.69) is 24.0 Å². The molecule has 3 aromatic rings. The van der Waals surface area contributed by atoms with E-state index in [0.29, 0.717) is 36.4 Å². The van der Waals surface area contributed by atoms with Crippen molar-refractivity contribution >= 4 is 16.9 Å². The minimum absolute atomic E-state index is 0.301. The van der Waals surface area contributed by atoms with Gasteiger partial charge in [-0.3, -0.25) is 0 Å². The zero-order valence-corrected chi connectivity index (χ0v) is 15.9. The lowest BCUT2D eigenvalue weighted by Crippen LogP contribution is -2.37. The number of hydrogen-bond donors (Lipinski definition) is 0. The summed E-state index contributed by atoms with van der Waals surface area (Å²) in [5.74, 6) is 1.13. The number of nitrogens with zero attached hydrogens (tertiary/aromatic N) is 3. The number of benzene rings is 1. The number of ether oxygens (including phenoxy) is 1. The van der Waals surface area contributed by atoms with Gasteiger partial charge < -0.3 is 13.7 Å². The van der Waals surface area contributed by atoms with Gasteiger partial charge >= 0.3 is 5.97 Å². The summed E-state index contributed by atoms with van der Waals surface area (Å²) in [7, 11) is 0. The topological polar surface area (TPSA) is 70.2 Å². The Labute approximate surface area is 153 Å². The summed E-state index contributed by atoms with van der Waals surface area (Å²) >= 11 is 0. The van der Waals surface area contributed by atoms with Crippen LogP contribution in [0.5, 0.6) is 0 Å². The summed E-state index contributed by atoms with van der Waals surface area (Å²) in [6.07, 6.45) is 0.717. The molecule has 0 radical (unpaired) electrons. The summed E-state index contributed by atoms with van der Waals surface area (Å²) in [5, 5.41) is 9.39. The fraction of sp³-hybridized carbons (Fsp3) is 0.450. The standard InChI is InChI=1S/C20H25N3O3/c1-6-25-19(24)20(4,5)23-15-10-8-7-9-14(15)12-16(23)18-22-21-17(26-18)11-13(2)3/h7-10,12-13H,6,11H2,1-5H3. The molecule has 0 saturated carbocycles. The molecular weight excluding hydrogens is 330 g/mol. The van der Waals surface area contributed by atoms with Crippen LogP contribution in [0.25, 0.3) is 22.5 Å². The van der Waals surface area contributed by atoms with Crippen molar-refractivity contribution < 1.29 is 13.9 Å². The first-order chi connectivity index (χ1) is 12.3. The molecule has 1 aromatic carbocycles. The van der Waals surface area contributed by atoms with E-state index >= 15 is 0 Å². The van der Waals surface area contributed by atoms with Crippen molar-refractivity contribution in [2.75, 3.05) is 6.61 Å². The van der Waals surface area contributed by atoms with Crippen molar-refractivity contribution in [3.05, 3.63) is 36.2 Å².